The van der Waals surface area contributed by atoms with E-state index in [1.165, 1.54) is 6.33 Å². The van der Waals surface area contributed by atoms with E-state index >= 15 is 0 Å². The molecule has 2 aromatic rings. The highest BCUT2D eigenvalue weighted by Crippen LogP contribution is 2.31. The Morgan fingerprint density at radius 1 is 1.30 bits per heavy atom. The normalized spacial score (nSPS) is 18.2. The van der Waals surface area contributed by atoms with Gasteiger partial charge in [0.25, 0.3) is 0 Å². The van der Waals surface area contributed by atoms with E-state index < -0.39 is 0 Å². The van der Waals surface area contributed by atoms with Crippen molar-refractivity contribution in [2.24, 2.45) is 11.1 Å². The van der Waals surface area contributed by atoms with Crippen LogP contribution in [0, 0.1) is 5.41 Å². The Morgan fingerprint density at radius 3 is 2.65 bits per heavy atom. The van der Waals surface area contributed by atoms with Gasteiger partial charge < -0.3 is 10.6 Å². The van der Waals surface area contributed by atoms with Crippen molar-refractivity contribution in [3.8, 4) is 11.4 Å². The smallest absolute Gasteiger partial charge is 0.245 e. The summed E-state index contributed by atoms with van der Waals surface area (Å²) in [6, 6.07) is 0. The fraction of sp³-hybridized carbons (Fsp3) is 0.538. The van der Waals surface area contributed by atoms with E-state index in [4.69, 9.17) is 5.73 Å². The Labute approximate surface area is 117 Å². The van der Waals surface area contributed by atoms with Gasteiger partial charge in [0.05, 0.1) is 5.56 Å². The molecule has 0 saturated carbocycles. The minimum Gasteiger partial charge on any atom is -0.339 e. The predicted octanol–water partition coefficient (Wildman–Crippen LogP) is 0.827. The molecule has 0 spiro atoms. The highest BCUT2D eigenvalue weighted by Gasteiger charge is 2.30. The quantitative estimate of drug-likeness (QED) is 0.859. The first-order valence-corrected chi connectivity index (χ1v) is 6.83. The Hall–Kier alpha value is -2.02. The van der Waals surface area contributed by atoms with Crippen LogP contribution >= 0.6 is 0 Å². The van der Waals surface area contributed by atoms with Crippen molar-refractivity contribution >= 4 is 5.95 Å². The van der Waals surface area contributed by atoms with E-state index in [9.17, 15) is 0 Å². The van der Waals surface area contributed by atoms with Crippen LogP contribution in [0.2, 0.25) is 0 Å². The molecule has 3 N–H and O–H groups in total. The van der Waals surface area contributed by atoms with Crippen LogP contribution in [-0.4, -0.2) is 44.8 Å². The molecule has 0 radical (unpaired) electrons. The largest absolute Gasteiger partial charge is 0.339 e. The van der Waals surface area contributed by atoms with Gasteiger partial charge in [-0.05, 0) is 24.8 Å². The molecule has 0 aromatic carbocycles. The summed E-state index contributed by atoms with van der Waals surface area (Å²) in [4.78, 5) is 14.7. The topological polar surface area (TPSA) is 96.6 Å². The molecule has 2 aromatic heterocycles. The Balaban J connectivity index is 1.72. The number of hydrogen-bond donors (Lipinski definition) is 2. The van der Waals surface area contributed by atoms with Gasteiger partial charge in [0, 0.05) is 25.5 Å². The minimum absolute atomic E-state index is 0.253. The Bertz CT molecular complexity index is 557. The first-order chi connectivity index (χ1) is 9.70. The van der Waals surface area contributed by atoms with Gasteiger partial charge >= 0.3 is 0 Å². The molecule has 7 heteroatoms. The third-order valence-electron chi connectivity index (χ3n) is 4.05. The van der Waals surface area contributed by atoms with E-state index in [1.807, 2.05) is 0 Å². The number of nitrogens with zero attached hydrogens (tertiary/aromatic N) is 5. The second-order valence-corrected chi connectivity index (χ2v) is 5.61. The van der Waals surface area contributed by atoms with Gasteiger partial charge in [-0.2, -0.15) is 4.98 Å². The van der Waals surface area contributed by atoms with Crippen molar-refractivity contribution in [2.75, 3.05) is 24.5 Å². The van der Waals surface area contributed by atoms with Gasteiger partial charge in [0.15, 0.2) is 5.82 Å². The van der Waals surface area contributed by atoms with Crippen molar-refractivity contribution in [3.63, 3.8) is 0 Å². The summed E-state index contributed by atoms with van der Waals surface area (Å²) >= 11 is 0. The lowest BCUT2D eigenvalue weighted by Crippen LogP contribution is -2.42. The lowest BCUT2D eigenvalue weighted by molar-refractivity contribution is 0.257. The molecular weight excluding hydrogens is 254 g/mol. The lowest BCUT2D eigenvalue weighted by Gasteiger charge is -2.38. The molecule has 0 unspecified atom stereocenters. The molecule has 106 valence electrons. The van der Waals surface area contributed by atoms with E-state index in [0.29, 0.717) is 5.82 Å². The zero-order valence-electron chi connectivity index (χ0n) is 11.6. The van der Waals surface area contributed by atoms with Crippen LogP contribution in [0.5, 0.6) is 0 Å². The van der Waals surface area contributed by atoms with Crippen LogP contribution in [0.4, 0.5) is 5.95 Å². The number of aromatic amines is 1. The number of nitrogens with two attached hydrogens (primary N) is 1. The molecule has 0 bridgehead atoms. The zero-order chi connectivity index (χ0) is 14.0. The monoisotopic (exact) mass is 273 g/mol. The molecule has 1 aliphatic rings. The van der Waals surface area contributed by atoms with Crippen LogP contribution in [0.15, 0.2) is 18.7 Å². The molecule has 0 aliphatic carbocycles. The highest BCUT2D eigenvalue weighted by atomic mass is 15.4. The number of rotatable bonds is 3. The van der Waals surface area contributed by atoms with E-state index in [-0.39, 0.29) is 5.41 Å². The van der Waals surface area contributed by atoms with E-state index in [2.05, 4.69) is 37.0 Å². The standard InChI is InChI=1S/C13H19N7/c1-13(8-14)2-4-20(5-3-13)12-17-11(18-19-12)10-6-15-9-16-7-10/h6-7,9H,2-5,8,14H2,1H3,(H,17,18,19). The third kappa shape index (κ3) is 2.49. The van der Waals surface area contributed by atoms with Crippen molar-refractivity contribution in [2.45, 2.75) is 19.8 Å². The first kappa shape index (κ1) is 13.0. The maximum Gasteiger partial charge on any atom is 0.245 e. The maximum atomic E-state index is 5.83. The Morgan fingerprint density at radius 2 is 2.00 bits per heavy atom. The molecule has 1 saturated heterocycles. The summed E-state index contributed by atoms with van der Waals surface area (Å²) in [7, 11) is 0. The number of hydrogen-bond acceptors (Lipinski definition) is 6. The average molecular weight is 273 g/mol. The zero-order valence-corrected chi connectivity index (χ0v) is 11.6. The van der Waals surface area contributed by atoms with Crippen LogP contribution in [0.25, 0.3) is 11.4 Å². The third-order valence-corrected chi connectivity index (χ3v) is 4.05. The number of H-pyrrole nitrogens is 1. The second-order valence-electron chi connectivity index (χ2n) is 5.61. The summed E-state index contributed by atoms with van der Waals surface area (Å²) in [6.07, 6.45) is 7.08. The fourth-order valence-corrected chi connectivity index (χ4v) is 2.40. The molecule has 0 amide bonds. The molecule has 3 heterocycles. The summed E-state index contributed by atoms with van der Waals surface area (Å²) < 4.78 is 0. The number of anilines is 1. The van der Waals surface area contributed by atoms with Crippen molar-refractivity contribution in [1.82, 2.24) is 25.1 Å². The van der Waals surface area contributed by atoms with Crippen LogP contribution in [-0.2, 0) is 0 Å². The Kier molecular flexibility index (Phi) is 3.35. The molecule has 0 atom stereocenters. The predicted molar refractivity (Wildman–Crippen MR) is 76.0 cm³/mol. The summed E-state index contributed by atoms with van der Waals surface area (Å²) in [5, 5.41) is 7.24. The summed E-state index contributed by atoms with van der Waals surface area (Å²) in [5.41, 5.74) is 6.93. The molecule has 3 rings (SSSR count). The minimum atomic E-state index is 0.253. The maximum absolute atomic E-state index is 5.83. The second kappa shape index (κ2) is 5.16. The molecule has 20 heavy (non-hydrogen) atoms. The first-order valence-electron chi connectivity index (χ1n) is 6.83. The van der Waals surface area contributed by atoms with Crippen LogP contribution < -0.4 is 10.6 Å². The van der Waals surface area contributed by atoms with Gasteiger partial charge in [-0.1, -0.05) is 6.92 Å². The van der Waals surface area contributed by atoms with Gasteiger partial charge in [-0.15, -0.1) is 5.10 Å². The van der Waals surface area contributed by atoms with Crippen LogP contribution in [0.3, 0.4) is 0 Å². The number of aromatic nitrogens is 5. The SMILES string of the molecule is CC1(CN)CCN(c2n[nH]c(-c3cncnc3)n2)CC1. The molecule has 1 fully saturated rings. The van der Waals surface area contributed by atoms with E-state index in [1.54, 1.807) is 12.4 Å². The summed E-state index contributed by atoms with van der Waals surface area (Å²) in [5.74, 6) is 1.44. The summed E-state index contributed by atoms with van der Waals surface area (Å²) in [6.45, 7) is 4.86. The molecule has 7 nitrogen and oxygen atoms in total. The van der Waals surface area contributed by atoms with E-state index in [0.717, 1.165) is 44.0 Å². The van der Waals surface area contributed by atoms with Gasteiger partial charge in [0.2, 0.25) is 5.95 Å². The van der Waals surface area contributed by atoms with Crippen molar-refractivity contribution in [1.29, 1.82) is 0 Å². The van der Waals surface area contributed by atoms with Gasteiger partial charge in [-0.3, -0.25) is 5.10 Å². The van der Waals surface area contributed by atoms with Crippen molar-refractivity contribution in [3.05, 3.63) is 18.7 Å². The number of nitrogens with one attached hydrogen (secondary N) is 1. The fourth-order valence-electron chi connectivity index (χ4n) is 2.40. The van der Waals surface area contributed by atoms with Gasteiger partial charge in [-0.25, -0.2) is 9.97 Å². The lowest BCUT2D eigenvalue weighted by atomic mass is 9.81. The van der Waals surface area contributed by atoms with Gasteiger partial charge in [0.1, 0.15) is 6.33 Å². The van der Waals surface area contributed by atoms with Crippen molar-refractivity contribution < 1.29 is 0 Å². The average Bonchev–Trinajstić information content (AvgIpc) is 2.99. The highest BCUT2D eigenvalue weighted by molar-refractivity contribution is 5.53. The van der Waals surface area contributed by atoms with Crippen LogP contribution in [0.1, 0.15) is 19.8 Å². The molecular formula is C13H19N7. The molecule has 1 aliphatic heterocycles. The number of piperidine rings is 1.